The first kappa shape index (κ1) is 8.45. The van der Waals surface area contributed by atoms with Crippen molar-refractivity contribution >= 4 is 5.97 Å². The average molecular weight is 161 g/mol. The summed E-state index contributed by atoms with van der Waals surface area (Å²) in [5, 5.41) is 29.0. The largest absolute Gasteiger partial charge is 0.480 e. The Bertz CT molecular complexity index is 161. The standard InChI is InChI=1S/C6H11NO4/c8-2-3-4(9)1-7-5(3)6(10)11/h3-5,7-9H,1-2H2,(H,10,11)/t3?,4?,5-/m0/s1. The van der Waals surface area contributed by atoms with Crippen molar-refractivity contribution in [2.75, 3.05) is 13.2 Å². The minimum absolute atomic E-state index is 0.238. The number of β-amino-alcohol motifs (C(OH)–C–C–N with tert-alkyl or cyclic N) is 1. The monoisotopic (exact) mass is 161 g/mol. The van der Waals surface area contributed by atoms with E-state index in [1.54, 1.807) is 0 Å². The molecule has 1 heterocycles. The van der Waals surface area contributed by atoms with Crippen LogP contribution in [0.1, 0.15) is 0 Å². The van der Waals surface area contributed by atoms with Gasteiger partial charge in [0.1, 0.15) is 6.04 Å². The molecule has 0 aromatic carbocycles. The first-order valence-corrected chi connectivity index (χ1v) is 3.42. The molecule has 1 aliphatic rings. The van der Waals surface area contributed by atoms with E-state index in [9.17, 15) is 4.79 Å². The van der Waals surface area contributed by atoms with Gasteiger partial charge < -0.3 is 20.6 Å². The summed E-state index contributed by atoms with van der Waals surface area (Å²) in [6.45, 7) is -0.0622. The SMILES string of the molecule is O=C(O)[C@H]1NCC(O)C1CO. The number of rotatable bonds is 2. The number of hydrogen-bond acceptors (Lipinski definition) is 4. The van der Waals surface area contributed by atoms with Gasteiger partial charge >= 0.3 is 5.97 Å². The Labute approximate surface area is 63.7 Å². The number of aliphatic carboxylic acids is 1. The van der Waals surface area contributed by atoms with Gasteiger partial charge in [0.15, 0.2) is 0 Å². The normalized spacial score (nSPS) is 37.5. The Morgan fingerprint density at radius 2 is 2.27 bits per heavy atom. The minimum Gasteiger partial charge on any atom is -0.480 e. The molecule has 0 saturated carbocycles. The molecule has 0 aliphatic carbocycles. The predicted octanol–water partition coefficient (Wildman–Crippen LogP) is -1.99. The van der Waals surface area contributed by atoms with Crippen LogP contribution in [-0.2, 0) is 4.79 Å². The van der Waals surface area contributed by atoms with Gasteiger partial charge in [-0.2, -0.15) is 0 Å². The van der Waals surface area contributed by atoms with Crippen LogP contribution in [0.2, 0.25) is 0 Å². The van der Waals surface area contributed by atoms with Crippen molar-refractivity contribution in [3.8, 4) is 0 Å². The molecule has 0 bridgehead atoms. The molecule has 0 radical (unpaired) electrons. The third-order valence-electron chi connectivity index (χ3n) is 1.95. The number of hydrogen-bond donors (Lipinski definition) is 4. The van der Waals surface area contributed by atoms with Crippen molar-refractivity contribution in [2.45, 2.75) is 12.1 Å². The van der Waals surface area contributed by atoms with E-state index in [0.717, 1.165) is 0 Å². The maximum Gasteiger partial charge on any atom is 0.321 e. The van der Waals surface area contributed by atoms with Crippen molar-refractivity contribution in [1.82, 2.24) is 5.32 Å². The highest BCUT2D eigenvalue weighted by atomic mass is 16.4. The van der Waals surface area contributed by atoms with Gasteiger partial charge in [-0.25, -0.2) is 0 Å². The van der Waals surface area contributed by atoms with Gasteiger partial charge in [0.25, 0.3) is 0 Å². The highest BCUT2D eigenvalue weighted by molar-refractivity contribution is 5.74. The summed E-state index contributed by atoms with van der Waals surface area (Å²) < 4.78 is 0. The van der Waals surface area contributed by atoms with Crippen LogP contribution in [0.3, 0.4) is 0 Å². The topological polar surface area (TPSA) is 89.8 Å². The average Bonchev–Trinajstić information content (AvgIpc) is 2.30. The maximum atomic E-state index is 10.4. The second-order valence-corrected chi connectivity index (χ2v) is 2.64. The smallest absolute Gasteiger partial charge is 0.321 e. The molecular formula is C6H11NO4. The number of nitrogens with one attached hydrogen (secondary N) is 1. The molecule has 5 heteroatoms. The summed E-state index contributed by atoms with van der Waals surface area (Å²) >= 11 is 0. The summed E-state index contributed by atoms with van der Waals surface area (Å²) in [6.07, 6.45) is -0.749. The number of aliphatic hydroxyl groups is 2. The van der Waals surface area contributed by atoms with Gasteiger partial charge in [-0.1, -0.05) is 0 Å². The third-order valence-corrected chi connectivity index (χ3v) is 1.95. The number of carboxylic acid groups (broad SMARTS) is 1. The zero-order chi connectivity index (χ0) is 8.43. The van der Waals surface area contributed by atoms with Crippen LogP contribution in [0.4, 0.5) is 0 Å². The fourth-order valence-corrected chi connectivity index (χ4v) is 1.27. The lowest BCUT2D eigenvalue weighted by Crippen LogP contribution is -2.37. The molecule has 1 fully saturated rings. The van der Waals surface area contributed by atoms with Crippen LogP contribution in [-0.4, -0.2) is 46.6 Å². The predicted molar refractivity (Wildman–Crippen MR) is 36.0 cm³/mol. The molecule has 3 atom stereocenters. The van der Waals surface area contributed by atoms with Gasteiger partial charge in [0, 0.05) is 12.5 Å². The van der Waals surface area contributed by atoms with E-state index < -0.39 is 24.0 Å². The van der Waals surface area contributed by atoms with E-state index in [-0.39, 0.29) is 13.2 Å². The first-order chi connectivity index (χ1) is 5.16. The fraction of sp³-hybridized carbons (Fsp3) is 0.833. The number of aliphatic hydroxyl groups excluding tert-OH is 2. The zero-order valence-electron chi connectivity index (χ0n) is 5.90. The lowest BCUT2D eigenvalue weighted by atomic mass is 10.00. The molecule has 0 aromatic rings. The molecular weight excluding hydrogens is 150 g/mol. The second-order valence-electron chi connectivity index (χ2n) is 2.64. The highest BCUT2D eigenvalue weighted by Crippen LogP contribution is 2.15. The Morgan fingerprint density at radius 1 is 1.64 bits per heavy atom. The van der Waals surface area contributed by atoms with Crippen LogP contribution >= 0.6 is 0 Å². The molecule has 5 nitrogen and oxygen atoms in total. The molecule has 1 aliphatic heterocycles. The van der Waals surface area contributed by atoms with E-state index in [1.807, 2.05) is 0 Å². The second kappa shape index (κ2) is 3.17. The van der Waals surface area contributed by atoms with Crippen LogP contribution in [0, 0.1) is 5.92 Å². The summed E-state index contributed by atoms with van der Waals surface area (Å²) in [5.41, 5.74) is 0. The lowest BCUT2D eigenvalue weighted by Gasteiger charge is -2.14. The quantitative estimate of drug-likeness (QED) is 0.376. The first-order valence-electron chi connectivity index (χ1n) is 3.42. The van der Waals surface area contributed by atoms with Crippen LogP contribution in [0.5, 0.6) is 0 Å². The Balaban J connectivity index is 2.61. The zero-order valence-corrected chi connectivity index (χ0v) is 5.90. The number of carboxylic acids is 1. The van der Waals surface area contributed by atoms with Gasteiger partial charge in [-0.15, -0.1) is 0 Å². The molecule has 4 N–H and O–H groups in total. The Kier molecular flexibility index (Phi) is 2.43. The lowest BCUT2D eigenvalue weighted by molar-refractivity contribution is -0.141. The fourth-order valence-electron chi connectivity index (χ4n) is 1.27. The van der Waals surface area contributed by atoms with Gasteiger partial charge in [-0.05, 0) is 0 Å². The van der Waals surface area contributed by atoms with Crippen LogP contribution in [0.25, 0.3) is 0 Å². The molecule has 2 unspecified atom stereocenters. The Morgan fingerprint density at radius 3 is 2.64 bits per heavy atom. The van der Waals surface area contributed by atoms with Crippen molar-refractivity contribution in [3.05, 3.63) is 0 Å². The van der Waals surface area contributed by atoms with E-state index in [1.165, 1.54) is 0 Å². The minimum atomic E-state index is -1.03. The molecule has 1 rings (SSSR count). The summed E-state index contributed by atoms with van der Waals surface area (Å²) in [7, 11) is 0. The summed E-state index contributed by atoms with van der Waals surface area (Å²) in [6, 6.07) is -0.810. The number of carbonyl (C=O) groups is 1. The van der Waals surface area contributed by atoms with E-state index in [4.69, 9.17) is 15.3 Å². The van der Waals surface area contributed by atoms with Gasteiger partial charge in [0.05, 0.1) is 12.7 Å². The van der Waals surface area contributed by atoms with Crippen molar-refractivity contribution in [3.63, 3.8) is 0 Å². The summed E-state index contributed by atoms with van der Waals surface area (Å²) in [5.74, 6) is -1.60. The maximum absolute atomic E-state index is 10.4. The molecule has 11 heavy (non-hydrogen) atoms. The highest BCUT2D eigenvalue weighted by Gasteiger charge is 2.38. The molecule has 1 saturated heterocycles. The van der Waals surface area contributed by atoms with Crippen molar-refractivity contribution < 1.29 is 20.1 Å². The Hall–Kier alpha value is -0.650. The third kappa shape index (κ3) is 1.50. The molecule has 0 aromatic heterocycles. The van der Waals surface area contributed by atoms with Crippen molar-refractivity contribution in [1.29, 1.82) is 0 Å². The van der Waals surface area contributed by atoms with Gasteiger partial charge in [-0.3, -0.25) is 4.79 Å². The van der Waals surface area contributed by atoms with Crippen molar-refractivity contribution in [2.24, 2.45) is 5.92 Å². The van der Waals surface area contributed by atoms with E-state index >= 15 is 0 Å². The van der Waals surface area contributed by atoms with Crippen LogP contribution in [0.15, 0.2) is 0 Å². The van der Waals surface area contributed by atoms with E-state index in [0.29, 0.717) is 0 Å². The summed E-state index contributed by atoms with van der Waals surface area (Å²) in [4.78, 5) is 10.4. The van der Waals surface area contributed by atoms with Crippen LogP contribution < -0.4 is 5.32 Å². The molecule has 0 amide bonds. The van der Waals surface area contributed by atoms with E-state index in [2.05, 4.69) is 5.32 Å². The molecule has 0 spiro atoms. The van der Waals surface area contributed by atoms with Gasteiger partial charge in [0.2, 0.25) is 0 Å². The molecule has 64 valence electrons.